The number of hydrogen-bond acceptors (Lipinski definition) is 0. The van der Waals surface area contributed by atoms with Crippen LogP contribution in [0.15, 0.2) is 109 Å². The molecule has 0 saturated carbocycles. The summed E-state index contributed by atoms with van der Waals surface area (Å²) in [6.07, 6.45) is 8.81. The molecule has 0 heteroatoms. The Morgan fingerprint density at radius 2 is 0.767 bits per heavy atom. The first-order chi connectivity index (χ1) is 14.9. The van der Waals surface area contributed by atoms with Gasteiger partial charge in [0.2, 0.25) is 0 Å². The summed E-state index contributed by atoms with van der Waals surface area (Å²) in [5.74, 6) is 0. The maximum atomic E-state index is 2.31. The molecular formula is C30H22. The van der Waals surface area contributed by atoms with E-state index in [2.05, 4.69) is 121 Å². The van der Waals surface area contributed by atoms with Gasteiger partial charge in [0.05, 0.1) is 0 Å². The van der Waals surface area contributed by atoms with Crippen molar-refractivity contribution in [2.45, 2.75) is 0 Å². The van der Waals surface area contributed by atoms with Crippen molar-refractivity contribution in [1.82, 2.24) is 0 Å². The van der Waals surface area contributed by atoms with Crippen molar-refractivity contribution in [1.29, 1.82) is 0 Å². The van der Waals surface area contributed by atoms with Crippen LogP contribution in [0.5, 0.6) is 0 Å². The van der Waals surface area contributed by atoms with Crippen LogP contribution in [-0.2, 0) is 0 Å². The van der Waals surface area contributed by atoms with Crippen LogP contribution < -0.4 is 0 Å². The van der Waals surface area contributed by atoms with Crippen LogP contribution in [0.1, 0.15) is 22.3 Å². The first-order valence-corrected chi connectivity index (χ1v) is 10.3. The van der Waals surface area contributed by atoms with Gasteiger partial charge < -0.3 is 0 Å². The molecule has 142 valence electrons. The molecule has 0 amide bonds. The van der Waals surface area contributed by atoms with Gasteiger partial charge >= 0.3 is 0 Å². The summed E-state index contributed by atoms with van der Waals surface area (Å²) < 4.78 is 0. The fraction of sp³-hybridized carbons (Fsp3) is 0. The quantitative estimate of drug-likeness (QED) is 0.216. The summed E-state index contributed by atoms with van der Waals surface area (Å²) in [4.78, 5) is 0. The van der Waals surface area contributed by atoms with Crippen molar-refractivity contribution in [2.75, 3.05) is 0 Å². The number of rotatable bonds is 4. The van der Waals surface area contributed by atoms with Crippen LogP contribution in [0.3, 0.4) is 0 Å². The van der Waals surface area contributed by atoms with Crippen LogP contribution in [0.2, 0.25) is 0 Å². The largest absolute Gasteiger partial charge is 0.0622 e. The molecule has 30 heavy (non-hydrogen) atoms. The monoisotopic (exact) mass is 382 g/mol. The molecule has 0 heterocycles. The van der Waals surface area contributed by atoms with Gasteiger partial charge in [-0.3, -0.25) is 0 Å². The second kappa shape index (κ2) is 8.23. The molecule has 0 N–H and O–H groups in total. The van der Waals surface area contributed by atoms with Crippen molar-refractivity contribution in [3.8, 4) is 0 Å². The molecule has 0 aliphatic carbocycles. The molecule has 5 aromatic rings. The third-order valence-electron chi connectivity index (χ3n) is 5.46. The smallest absolute Gasteiger partial charge is 0.00990 e. The average molecular weight is 383 g/mol. The highest BCUT2D eigenvalue weighted by atomic mass is 14.1. The Labute approximate surface area is 177 Å². The Morgan fingerprint density at radius 1 is 0.367 bits per heavy atom. The Bertz CT molecular complexity index is 1250. The molecule has 0 saturated heterocycles. The average Bonchev–Trinajstić information content (AvgIpc) is 2.82. The van der Waals surface area contributed by atoms with E-state index in [1.165, 1.54) is 43.8 Å². The van der Waals surface area contributed by atoms with E-state index in [4.69, 9.17) is 0 Å². The lowest BCUT2D eigenvalue weighted by molar-refractivity contribution is 1.65. The summed E-state index contributed by atoms with van der Waals surface area (Å²) in [6, 6.07) is 38.6. The Kier molecular flexibility index (Phi) is 4.98. The van der Waals surface area contributed by atoms with E-state index in [1.807, 2.05) is 12.1 Å². The lowest BCUT2D eigenvalue weighted by Crippen LogP contribution is -1.85. The van der Waals surface area contributed by atoms with Crippen molar-refractivity contribution >= 4 is 45.8 Å². The minimum Gasteiger partial charge on any atom is -0.0622 e. The van der Waals surface area contributed by atoms with Crippen LogP contribution in [-0.4, -0.2) is 0 Å². The zero-order valence-corrected chi connectivity index (χ0v) is 16.7. The van der Waals surface area contributed by atoms with Crippen molar-refractivity contribution in [3.05, 3.63) is 131 Å². The first kappa shape index (κ1) is 18.1. The first-order valence-electron chi connectivity index (χ1n) is 10.3. The lowest BCUT2D eigenvalue weighted by Gasteiger charge is -2.09. The topological polar surface area (TPSA) is 0 Å². The normalized spacial score (nSPS) is 11.7. The van der Waals surface area contributed by atoms with E-state index < -0.39 is 0 Å². The van der Waals surface area contributed by atoms with Crippen LogP contribution in [0, 0.1) is 0 Å². The van der Waals surface area contributed by atoms with Gasteiger partial charge in [0.15, 0.2) is 0 Å². The minimum absolute atomic E-state index is 1.21. The molecule has 0 aromatic heterocycles. The van der Waals surface area contributed by atoms with Crippen LogP contribution in [0.25, 0.3) is 45.8 Å². The third-order valence-corrected chi connectivity index (χ3v) is 5.46. The molecule has 5 rings (SSSR count). The molecule has 0 nitrogen and oxygen atoms in total. The van der Waals surface area contributed by atoms with Crippen LogP contribution in [0.4, 0.5) is 0 Å². The molecule has 0 spiro atoms. The fourth-order valence-corrected chi connectivity index (χ4v) is 3.87. The van der Waals surface area contributed by atoms with E-state index >= 15 is 0 Å². The van der Waals surface area contributed by atoms with E-state index in [9.17, 15) is 0 Å². The highest BCUT2D eigenvalue weighted by molar-refractivity contribution is 6.06. The van der Waals surface area contributed by atoms with Gasteiger partial charge in [0.1, 0.15) is 0 Å². The molecule has 0 fully saturated rings. The SMILES string of the molecule is C(=Cc1ccc(C=Cc2ccccc2)c2cc3ccccc3cc12)c1ccccc1. The number of benzene rings is 5. The van der Waals surface area contributed by atoms with Crippen molar-refractivity contribution < 1.29 is 0 Å². The lowest BCUT2D eigenvalue weighted by atomic mass is 9.95. The molecule has 0 unspecified atom stereocenters. The molecule has 0 aliphatic heterocycles. The van der Waals surface area contributed by atoms with Gasteiger partial charge in [-0.25, -0.2) is 0 Å². The predicted molar refractivity (Wildman–Crippen MR) is 132 cm³/mol. The minimum atomic E-state index is 1.21. The van der Waals surface area contributed by atoms with E-state index in [0.717, 1.165) is 0 Å². The van der Waals surface area contributed by atoms with Gasteiger partial charge in [-0.1, -0.05) is 121 Å². The Morgan fingerprint density at radius 3 is 1.20 bits per heavy atom. The zero-order valence-electron chi connectivity index (χ0n) is 16.7. The fourth-order valence-electron chi connectivity index (χ4n) is 3.87. The van der Waals surface area contributed by atoms with E-state index in [-0.39, 0.29) is 0 Å². The molecule has 0 atom stereocenters. The van der Waals surface area contributed by atoms with Gasteiger partial charge in [-0.15, -0.1) is 0 Å². The molecule has 5 aromatic carbocycles. The molecular weight excluding hydrogens is 360 g/mol. The maximum Gasteiger partial charge on any atom is -0.00990 e. The summed E-state index contributed by atoms with van der Waals surface area (Å²) in [5.41, 5.74) is 4.88. The van der Waals surface area contributed by atoms with Gasteiger partial charge in [0, 0.05) is 0 Å². The van der Waals surface area contributed by atoms with E-state index in [1.54, 1.807) is 0 Å². The molecule has 0 aliphatic rings. The number of hydrogen-bond donors (Lipinski definition) is 0. The number of fused-ring (bicyclic) bond motifs is 2. The molecule has 0 radical (unpaired) electrons. The van der Waals surface area contributed by atoms with Crippen molar-refractivity contribution in [3.63, 3.8) is 0 Å². The van der Waals surface area contributed by atoms with Gasteiger partial charge in [0.25, 0.3) is 0 Å². The third kappa shape index (κ3) is 3.81. The van der Waals surface area contributed by atoms with Crippen LogP contribution >= 0.6 is 0 Å². The maximum absolute atomic E-state index is 2.31. The Balaban J connectivity index is 1.66. The zero-order chi connectivity index (χ0) is 20.2. The summed E-state index contributed by atoms with van der Waals surface area (Å²) in [7, 11) is 0. The van der Waals surface area contributed by atoms with E-state index in [0.29, 0.717) is 0 Å². The summed E-state index contributed by atoms with van der Waals surface area (Å²) in [6.45, 7) is 0. The van der Waals surface area contributed by atoms with Gasteiger partial charge in [-0.05, 0) is 55.9 Å². The summed E-state index contributed by atoms with van der Waals surface area (Å²) in [5, 5.41) is 5.08. The molecule has 0 bridgehead atoms. The second-order valence-corrected chi connectivity index (χ2v) is 7.48. The second-order valence-electron chi connectivity index (χ2n) is 7.48. The van der Waals surface area contributed by atoms with Crippen molar-refractivity contribution in [2.24, 2.45) is 0 Å². The highest BCUT2D eigenvalue weighted by Crippen LogP contribution is 2.30. The Hall–Kier alpha value is -3.90. The summed E-state index contributed by atoms with van der Waals surface area (Å²) >= 11 is 0. The predicted octanol–water partition coefficient (Wildman–Crippen LogP) is 8.33. The van der Waals surface area contributed by atoms with Gasteiger partial charge in [-0.2, -0.15) is 0 Å². The standard InChI is InChI=1S/C30H22/c1-3-9-23(10-4-1)15-17-25-19-20-26(18-16-24-11-5-2-6-12-24)30-22-28-14-8-7-13-27(28)21-29(25)30/h1-22H. The highest BCUT2D eigenvalue weighted by Gasteiger charge is 2.05.